The second kappa shape index (κ2) is 7.25. The summed E-state index contributed by atoms with van der Waals surface area (Å²) >= 11 is 0. The summed E-state index contributed by atoms with van der Waals surface area (Å²) in [4.78, 5) is 1.39. The van der Waals surface area contributed by atoms with Crippen molar-refractivity contribution in [2.24, 2.45) is 0 Å². The van der Waals surface area contributed by atoms with Crippen LogP contribution in [0.25, 0.3) is 0 Å². The van der Waals surface area contributed by atoms with Gasteiger partial charge in [0.2, 0.25) is 0 Å². The molecule has 0 aliphatic carbocycles. The van der Waals surface area contributed by atoms with E-state index in [0.717, 1.165) is 30.0 Å². The molecule has 1 saturated heterocycles. The maximum Gasteiger partial charge on any atom is 0.137 e. The third-order valence-corrected chi connectivity index (χ3v) is 3.97. The molecule has 0 bridgehead atoms. The Morgan fingerprint density at radius 2 is 1.81 bits per heavy atom. The summed E-state index contributed by atoms with van der Waals surface area (Å²) in [7, 11) is 0. The summed E-state index contributed by atoms with van der Waals surface area (Å²) in [5, 5.41) is 10.2. The minimum Gasteiger partial charge on any atom is -0.490 e. The Hall–Kier alpha value is -1.10. The van der Waals surface area contributed by atoms with E-state index in [1.165, 1.54) is 4.90 Å². The van der Waals surface area contributed by atoms with Gasteiger partial charge in [-0.25, -0.2) is 0 Å². The number of para-hydroxylation sites is 1. The molecular formula is C17H28NO3+. The first-order valence-electron chi connectivity index (χ1n) is 7.81. The van der Waals surface area contributed by atoms with E-state index in [1.807, 2.05) is 32.0 Å². The van der Waals surface area contributed by atoms with Gasteiger partial charge in [0.05, 0.1) is 0 Å². The first-order valence-corrected chi connectivity index (χ1v) is 7.81. The van der Waals surface area contributed by atoms with Crippen molar-refractivity contribution < 1.29 is 19.5 Å². The molecule has 1 heterocycles. The van der Waals surface area contributed by atoms with Gasteiger partial charge in [0.25, 0.3) is 0 Å². The number of morpholine rings is 1. The van der Waals surface area contributed by atoms with Crippen LogP contribution in [0.3, 0.4) is 0 Å². The molecule has 21 heavy (non-hydrogen) atoms. The third kappa shape index (κ3) is 4.70. The van der Waals surface area contributed by atoms with Crippen LogP contribution in [0.1, 0.15) is 25.0 Å². The largest absolute Gasteiger partial charge is 0.490 e. The molecule has 2 rings (SSSR count). The Bertz CT molecular complexity index is 433. The molecule has 1 aliphatic heterocycles. The summed E-state index contributed by atoms with van der Waals surface area (Å²) in [6, 6.07) is 6.09. The Morgan fingerprint density at radius 1 is 1.24 bits per heavy atom. The van der Waals surface area contributed by atoms with Crippen LogP contribution in [-0.4, -0.2) is 49.7 Å². The van der Waals surface area contributed by atoms with E-state index >= 15 is 0 Å². The molecule has 0 spiro atoms. The normalized spacial score (nSPS) is 27.4. The molecule has 4 nitrogen and oxygen atoms in total. The van der Waals surface area contributed by atoms with Crippen molar-refractivity contribution in [2.75, 3.05) is 26.2 Å². The molecule has 2 N–H and O–H groups in total. The number of aryl methyl sites for hydroxylation is 2. The van der Waals surface area contributed by atoms with Gasteiger partial charge < -0.3 is 19.5 Å². The summed E-state index contributed by atoms with van der Waals surface area (Å²) < 4.78 is 11.6. The van der Waals surface area contributed by atoms with Crippen LogP contribution >= 0.6 is 0 Å². The molecule has 1 aliphatic rings. The van der Waals surface area contributed by atoms with Crippen molar-refractivity contribution >= 4 is 0 Å². The molecule has 0 amide bonds. The molecule has 4 atom stereocenters. The molecule has 1 aromatic carbocycles. The van der Waals surface area contributed by atoms with Crippen LogP contribution in [0, 0.1) is 13.8 Å². The highest BCUT2D eigenvalue weighted by molar-refractivity contribution is 5.39. The van der Waals surface area contributed by atoms with E-state index in [1.54, 1.807) is 0 Å². The first-order chi connectivity index (χ1) is 9.95. The van der Waals surface area contributed by atoms with Gasteiger partial charge >= 0.3 is 0 Å². The van der Waals surface area contributed by atoms with Crippen LogP contribution in [-0.2, 0) is 4.74 Å². The van der Waals surface area contributed by atoms with Crippen molar-refractivity contribution in [2.45, 2.75) is 46.0 Å². The van der Waals surface area contributed by atoms with Crippen molar-refractivity contribution in [1.29, 1.82) is 0 Å². The summed E-state index contributed by atoms with van der Waals surface area (Å²) in [6.45, 7) is 11.2. The van der Waals surface area contributed by atoms with Crippen LogP contribution in [0.5, 0.6) is 5.75 Å². The molecule has 0 aromatic heterocycles. The Kier molecular flexibility index (Phi) is 5.62. The average Bonchev–Trinajstić information content (AvgIpc) is 2.36. The van der Waals surface area contributed by atoms with Gasteiger partial charge in [0.15, 0.2) is 0 Å². The lowest BCUT2D eigenvalue weighted by Crippen LogP contribution is -3.16. The first kappa shape index (κ1) is 16.3. The highest BCUT2D eigenvalue weighted by atomic mass is 16.5. The number of aliphatic hydroxyl groups excluding tert-OH is 1. The van der Waals surface area contributed by atoms with Gasteiger partial charge in [-0.2, -0.15) is 0 Å². The smallest absolute Gasteiger partial charge is 0.137 e. The van der Waals surface area contributed by atoms with E-state index < -0.39 is 6.10 Å². The van der Waals surface area contributed by atoms with Gasteiger partial charge in [0.1, 0.15) is 50.3 Å². The highest BCUT2D eigenvalue weighted by Crippen LogP contribution is 2.22. The zero-order valence-corrected chi connectivity index (χ0v) is 13.6. The molecule has 118 valence electrons. The number of ether oxygens (including phenoxy) is 2. The quantitative estimate of drug-likeness (QED) is 0.842. The number of hydrogen-bond donors (Lipinski definition) is 2. The van der Waals surface area contributed by atoms with E-state index in [2.05, 4.69) is 13.8 Å². The summed E-state index contributed by atoms with van der Waals surface area (Å²) in [5.41, 5.74) is 2.23. The molecule has 0 saturated carbocycles. The van der Waals surface area contributed by atoms with Crippen LogP contribution < -0.4 is 9.64 Å². The Morgan fingerprint density at radius 3 is 2.38 bits per heavy atom. The standard InChI is InChI=1S/C17H27NO3/c1-12-6-5-7-13(2)17(12)20-11-16(19)10-18-8-14(3)21-15(4)9-18/h5-7,14-16,19H,8-11H2,1-4H3/p+1/t14-,15+,16-/m1/s1. The Labute approximate surface area is 127 Å². The molecule has 0 radical (unpaired) electrons. The Balaban J connectivity index is 1.83. The van der Waals surface area contributed by atoms with Gasteiger partial charge in [-0.15, -0.1) is 0 Å². The fraction of sp³-hybridized carbons (Fsp3) is 0.647. The van der Waals surface area contributed by atoms with Crippen molar-refractivity contribution in [3.63, 3.8) is 0 Å². The van der Waals surface area contributed by atoms with E-state index in [0.29, 0.717) is 13.2 Å². The predicted octanol–water partition coefficient (Wildman–Crippen LogP) is 0.735. The second-order valence-electron chi connectivity index (χ2n) is 6.31. The molecule has 4 heteroatoms. The van der Waals surface area contributed by atoms with Gasteiger partial charge in [-0.1, -0.05) is 18.2 Å². The van der Waals surface area contributed by atoms with Crippen LogP contribution in [0.4, 0.5) is 0 Å². The molecule has 1 aromatic rings. The molecular weight excluding hydrogens is 266 g/mol. The second-order valence-corrected chi connectivity index (χ2v) is 6.31. The number of aliphatic hydroxyl groups is 1. The number of rotatable bonds is 5. The predicted molar refractivity (Wildman–Crippen MR) is 83.0 cm³/mol. The van der Waals surface area contributed by atoms with Crippen molar-refractivity contribution in [1.82, 2.24) is 0 Å². The maximum atomic E-state index is 10.2. The highest BCUT2D eigenvalue weighted by Gasteiger charge is 2.27. The fourth-order valence-electron chi connectivity index (χ4n) is 3.15. The lowest BCUT2D eigenvalue weighted by molar-refractivity contribution is -0.918. The van der Waals surface area contributed by atoms with Crippen LogP contribution in [0.15, 0.2) is 18.2 Å². The van der Waals surface area contributed by atoms with E-state index in [9.17, 15) is 5.11 Å². The number of nitrogens with one attached hydrogen (secondary N) is 1. The van der Waals surface area contributed by atoms with Crippen molar-refractivity contribution in [3.05, 3.63) is 29.3 Å². The monoisotopic (exact) mass is 294 g/mol. The third-order valence-electron chi connectivity index (χ3n) is 3.97. The topological polar surface area (TPSA) is 43.1 Å². The average molecular weight is 294 g/mol. The van der Waals surface area contributed by atoms with Gasteiger partial charge in [-0.05, 0) is 38.8 Å². The zero-order valence-electron chi connectivity index (χ0n) is 13.6. The SMILES string of the molecule is Cc1cccc(C)c1OC[C@H](O)C[NH+]1C[C@@H](C)O[C@@H](C)C1. The number of hydrogen-bond acceptors (Lipinski definition) is 3. The minimum atomic E-state index is -0.448. The summed E-state index contributed by atoms with van der Waals surface area (Å²) in [5.74, 6) is 0.898. The molecule has 1 fully saturated rings. The minimum absolute atomic E-state index is 0.260. The van der Waals surface area contributed by atoms with Crippen molar-refractivity contribution in [3.8, 4) is 5.75 Å². The van der Waals surface area contributed by atoms with E-state index in [-0.39, 0.29) is 12.2 Å². The molecule has 1 unspecified atom stereocenters. The van der Waals surface area contributed by atoms with Gasteiger partial charge in [-0.3, -0.25) is 0 Å². The van der Waals surface area contributed by atoms with Gasteiger partial charge in [0, 0.05) is 0 Å². The number of quaternary nitrogens is 1. The van der Waals surface area contributed by atoms with Crippen LogP contribution in [0.2, 0.25) is 0 Å². The maximum absolute atomic E-state index is 10.2. The lowest BCUT2D eigenvalue weighted by atomic mass is 10.1. The van der Waals surface area contributed by atoms with E-state index in [4.69, 9.17) is 9.47 Å². The lowest BCUT2D eigenvalue weighted by Gasteiger charge is -2.33. The zero-order chi connectivity index (χ0) is 15.4. The summed E-state index contributed by atoms with van der Waals surface area (Å²) in [6.07, 6.45) is 0.0717. The fourth-order valence-corrected chi connectivity index (χ4v) is 3.15. The number of benzene rings is 1.